The van der Waals surface area contributed by atoms with Crippen LogP contribution in [0.5, 0.6) is 5.75 Å². The van der Waals surface area contributed by atoms with Crippen LogP contribution < -0.4 is 0 Å². The van der Waals surface area contributed by atoms with Crippen molar-refractivity contribution < 1.29 is 23.8 Å². The fourth-order valence-electron chi connectivity index (χ4n) is 3.52. The molecule has 146 valence electrons. The number of benzene rings is 2. The number of aryl methyl sites for hydroxylation is 1. The molecule has 2 N–H and O–H groups in total. The maximum atomic E-state index is 13.8. The fourth-order valence-corrected chi connectivity index (χ4v) is 3.52. The van der Waals surface area contributed by atoms with Crippen molar-refractivity contribution in [2.24, 2.45) is 0 Å². The standard InChI is InChI=1S/C23H22F2O3/c1-14-3-2-4-15(11-14)20-8-5-17(13-21(20)23(24)25)19-9-7-18(26)12-16(19)6-10-22(27)28/h4-5,7-9,11-13,23,26H,2-3,6,10H2,1H3,(H,27,28). The van der Waals surface area contributed by atoms with E-state index in [9.17, 15) is 18.7 Å². The van der Waals surface area contributed by atoms with Gasteiger partial charge >= 0.3 is 5.97 Å². The van der Waals surface area contributed by atoms with Gasteiger partial charge in [-0.05, 0) is 72.2 Å². The molecule has 0 saturated heterocycles. The molecule has 3 nitrogen and oxygen atoms in total. The van der Waals surface area contributed by atoms with Crippen LogP contribution in [0.4, 0.5) is 8.78 Å². The van der Waals surface area contributed by atoms with Crippen molar-refractivity contribution in [1.29, 1.82) is 0 Å². The summed E-state index contributed by atoms with van der Waals surface area (Å²) in [5, 5.41) is 18.7. The van der Waals surface area contributed by atoms with Crippen LogP contribution >= 0.6 is 0 Å². The molecule has 0 bridgehead atoms. The lowest BCUT2D eigenvalue weighted by atomic mass is 9.89. The minimum absolute atomic E-state index is 0.0165. The first-order chi connectivity index (χ1) is 13.3. The van der Waals surface area contributed by atoms with Crippen LogP contribution in [0, 0.1) is 0 Å². The Labute approximate surface area is 162 Å². The summed E-state index contributed by atoms with van der Waals surface area (Å²) in [7, 11) is 0. The number of aromatic hydroxyl groups is 1. The number of rotatable bonds is 6. The fraction of sp³-hybridized carbons (Fsp3) is 0.261. The summed E-state index contributed by atoms with van der Waals surface area (Å²) in [6, 6.07) is 9.55. The third-order valence-corrected chi connectivity index (χ3v) is 4.91. The van der Waals surface area contributed by atoms with E-state index in [1.54, 1.807) is 18.2 Å². The average molecular weight is 384 g/mol. The molecule has 0 aliphatic heterocycles. The Kier molecular flexibility index (Phi) is 5.93. The highest BCUT2D eigenvalue weighted by Crippen LogP contribution is 2.36. The smallest absolute Gasteiger partial charge is 0.303 e. The van der Waals surface area contributed by atoms with Crippen molar-refractivity contribution in [2.45, 2.75) is 39.0 Å². The van der Waals surface area contributed by atoms with Gasteiger partial charge in [-0.3, -0.25) is 4.79 Å². The van der Waals surface area contributed by atoms with Crippen molar-refractivity contribution >= 4 is 11.5 Å². The third-order valence-electron chi connectivity index (χ3n) is 4.91. The van der Waals surface area contributed by atoms with Gasteiger partial charge in [-0.15, -0.1) is 0 Å². The van der Waals surface area contributed by atoms with Gasteiger partial charge in [-0.25, -0.2) is 8.78 Å². The quantitative estimate of drug-likeness (QED) is 0.629. The summed E-state index contributed by atoms with van der Waals surface area (Å²) < 4.78 is 27.7. The molecule has 2 aromatic carbocycles. The first-order valence-corrected chi connectivity index (χ1v) is 9.19. The summed E-state index contributed by atoms with van der Waals surface area (Å²) >= 11 is 0. The highest BCUT2D eigenvalue weighted by atomic mass is 19.3. The summed E-state index contributed by atoms with van der Waals surface area (Å²) in [5.41, 5.74) is 4.28. The number of hydrogen-bond acceptors (Lipinski definition) is 2. The van der Waals surface area contributed by atoms with Gasteiger partial charge in [0.15, 0.2) is 0 Å². The van der Waals surface area contributed by atoms with Crippen molar-refractivity contribution in [2.75, 3.05) is 0 Å². The number of phenols is 1. The Morgan fingerprint density at radius 2 is 1.89 bits per heavy atom. The first-order valence-electron chi connectivity index (χ1n) is 9.19. The molecular formula is C23H22F2O3. The SMILES string of the molecule is CC1=CC(c2ccc(-c3ccc(O)cc3CCC(=O)O)cc2C(F)F)=CCC1. The van der Waals surface area contributed by atoms with Gasteiger partial charge in [0.2, 0.25) is 0 Å². The van der Waals surface area contributed by atoms with Gasteiger partial charge in [0.25, 0.3) is 6.43 Å². The molecule has 0 atom stereocenters. The number of phenolic OH excluding ortho intramolecular Hbond substituents is 1. The second-order valence-corrected chi connectivity index (χ2v) is 7.03. The van der Waals surface area contributed by atoms with Crippen molar-refractivity contribution in [3.63, 3.8) is 0 Å². The van der Waals surface area contributed by atoms with E-state index in [0.29, 0.717) is 22.3 Å². The Hall–Kier alpha value is -2.95. The van der Waals surface area contributed by atoms with E-state index in [4.69, 9.17) is 5.11 Å². The Morgan fingerprint density at radius 1 is 1.14 bits per heavy atom. The minimum atomic E-state index is -2.63. The maximum absolute atomic E-state index is 13.8. The number of carbonyl (C=O) groups is 1. The van der Waals surface area contributed by atoms with Gasteiger partial charge in [-0.2, -0.15) is 0 Å². The third kappa shape index (κ3) is 4.47. The molecule has 28 heavy (non-hydrogen) atoms. The van der Waals surface area contributed by atoms with Crippen LogP contribution in [-0.4, -0.2) is 16.2 Å². The summed E-state index contributed by atoms with van der Waals surface area (Å²) in [4.78, 5) is 10.9. The summed E-state index contributed by atoms with van der Waals surface area (Å²) in [5.74, 6) is -0.938. The number of carboxylic acid groups (broad SMARTS) is 1. The van der Waals surface area contributed by atoms with Crippen molar-refractivity contribution in [3.05, 3.63) is 70.8 Å². The topological polar surface area (TPSA) is 57.5 Å². The van der Waals surface area contributed by atoms with E-state index in [-0.39, 0.29) is 24.2 Å². The lowest BCUT2D eigenvalue weighted by Gasteiger charge is -2.17. The van der Waals surface area contributed by atoms with Crippen LogP contribution in [0.2, 0.25) is 0 Å². The predicted molar refractivity (Wildman–Crippen MR) is 105 cm³/mol. The molecule has 3 rings (SSSR count). The number of carboxylic acids is 1. The lowest BCUT2D eigenvalue weighted by molar-refractivity contribution is -0.136. The Morgan fingerprint density at radius 3 is 2.57 bits per heavy atom. The van der Waals surface area contributed by atoms with E-state index in [1.807, 2.05) is 19.1 Å². The Bertz CT molecular complexity index is 958. The van der Waals surface area contributed by atoms with Crippen LogP contribution in [0.1, 0.15) is 49.3 Å². The molecule has 1 aliphatic carbocycles. The zero-order chi connectivity index (χ0) is 20.3. The molecule has 2 aromatic rings. The maximum Gasteiger partial charge on any atom is 0.303 e. The highest BCUT2D eigenvalue weighted by molar-refractivity contribution is 5.80. The normalized spacial score (nSPS) is 14.0. The first kappa shape index (κ1) is 19.8. The van der Waals surface area contributed by atoms with Gasteiger partial charge in [0.1, 0.15) is 5.75 Å². The van der Waals surface area contributed by atoms with Crippen LogP contribution in [0.3, 0.4) is 0 Å². The molecule has 0 aromatic heterocycles. The summed E-state index contributed by atoms with van der Waals surface area (Å²) in [6.07, 6.45) is 3.16. The minimum Gasteiger partial charge on any atom is -0.508 e. The number of aliphatic carboxylic acids is 1. The van der Waals surface area contributed by atoms with Gasteiger partial charge in [0.05, 0.1) is 0 Å². The molecule has 1 aliphatic rings. The monoisotopic (exact) mass is 384 g/mol. The van der Waals surface area contributed by atoms with Crippen LogP contribution in [0.15, 0.2) is 54.1 Å². The molecule has 0 heterocycles. The molecule has 0 unspecified atom stereocenters. The van der Waals surface area contributed by atoms with Crippen molar-refractivity contribution in [1.82, 2.24) is 0 Å². The predicted octanol–water partition coefficient (Wildman–Crippen LogP) is 6.14. The second kappa shape index (κ2) is 8.38. The highest BCUT2D eigenvalue weighted by Gasteiger charge is 2.18. The lowest BCUT2D eigenvalue weighted by Crippen LogP contribution is -2.00. The van der Waals surface area contributed by atoms with Crippen LogP contribution in [-0.2, 0) is 11.2 Å². The van der Waals surface area contributed by atoms with Gasteiger partial charge in [-0.1, -0.05) is 35.9 Å². The van der Waals surface area contributed by atoms with E-state index in [1.165, 1.54) is 18.2 Å². The molecule has 0 fully saturated rings. The summed E-state index contributed by atoms with van der Waals surface area (Å²) in [6.45, 7) is 1.99. The van der Waals surface area contributed by atoms with Crippen molar-refractivity contribution in [3.8, 4) is 16.9 Å². The molecule has 0 amide bonds. The molecule has 0 spiro atoms. The number of alkyl halides is 2. The number of allylic oxidation sites excluding steroid dienone is 4. The average Bonchev–Trinajstić information content (AvgIpc) is 2.66. The van der Waals surface area contributed by atoms with Gasteiger partial charge in [0, 0.05) is 12.0 Å². The van der Waals surface area contributed by atoms with E-state index >= 15 is 0 Å². The molecule has 5 heteroatoms. The number of halogens is 2. The molecular weight excluding hydrogens is 362 g/mol. The zero-order valence-electron chi connectivity index (χ0n) is 15.6. The molecule has 0 radical (unpaired) electrons. The molecule has 0 saturated carbocycles. The Balaban J connectivity index is 2.06. The second-order valence-electron chi connectivity index (χ2n) is 7.03. The largest absolute Gasteiger partial charge is 0.508 e. The van der Waals surface area contributed by atoms with Crippen LogP contribution in [0.25, 0.3) is 16.7 Å². The van der Waals surface area contributed by atoms with E-state index < -0.39 is 12.4 Å². The van der Waals surface area contributed by atoms with Gasteiger partial charge < -0.3 is 10.2 Å². The van der Waals surface area contributed by atoms with E-state index in [2.05, 4.69) is 0 Å². The zero-order valence-corrected chi connectivity index (χ0v) is 15.6. The van der Waals surface area contributed by atoms with E-state index in [0.717, 1.165) is 24.0 Å². The number of hydrogen-bond donors (Lipinski definition) is 2.